The van der Waals surface area contributed by atoms with Crippen molar-refractivity contribution in [1.29, 1.82) is 0 Å². The highest BCUT2D eigenvalue weighted by Gasteiger charge is 2.21. The Morgan fingerprint density at radius 3 is 2.71 bits per heavy atom. The molecular formula is C25H33N5O3S. The van der Waals surface area contributed by atoms with Crippen molar-refractivity contribution >= 4 is 29.4 Å². The van der Waals surface area contributed by atoms with Gasteiger partial charge in [-0.25, -0.2) is 9.97 Å². The van der Waals surface area contributed by atoms with Crippen molar-refractivity contribution in [3.63, 3.8) is 0 Å². The number of carbonyl (C=O) groups is 2. The molecule has 9 heteroatoms. The van der Waals surface area contributed by atoms with Crippen LogP contribution in [0.15, 0.2) is 35.5 Å². The van der Waals surface area contributed by atoms with Crippen LogP contribution in [0.4, 0.5) is 5.82 Å². The first-order valence-corrected chi connectivity index (χ1v) is 13.0. The standard InChI is InChI=1S/C25H33N5O3S/c1-3-21-15-23(30-11-9-29(10-12-30)18(2)31)28-25(27-21)34-17-19-6-4-7-20(14-19)24(32)26-16-22-8-5-13-33-22/h4,6-7,14-15,22H,3,5,8-13,16-17H2,1-2H3,(H,26,32)/t22-/m1/s1. The summed E-state index contributed by atoms with van der Waals surface area (Å²) in [6.07, 6.45) is 3.02. The maximum Gasteiger partial charge on any atom is 0.251 e. The lowest BCUT2D eigenvalue weighted by Gasteiger charge is -2.35. The monoisotopic (exact) mass is 483 g/mol. The number of nitrogens with one attached hydrogen (secondary N) is 1. The molecule has 34 heavy (non-hydrogen) atoms. The molecule has 1 N–H and O–H groups in total. The molecule has 0 aliphatic carbocycles. The number of anilines is 1. The molecule has 1 aromatic heterocycles. The summed E-state index contributed by atoms with van der Waals surface area (Å²) in [6, 6.07) is 9.76. The third-order valence-electron chi connectivity index (χ3n) is 6.23. The maximum absolute atomic E-state index is 12.6. The molecule has 0 spiro atoms. The maximum atomic E-state index is 12.6. The minimum absolute atomic E-state index is 0.0708. The second-order valence-electron chi connectivity index (χ2n) is 8.68. The zero-order chi connectivity index (χ0) is 23.9. The van der Waals surface area contributed by atoms with Crippen LogP contribution in [0.25, 0.3) is 0 Å². The summed E-state index contributed by atoms with van der Waals surface area (Å²) in [6.45, 7) is 8.01. The van der Waals surface area contributed by atoms with E-state index in [0.717, 1.165) is 61.2 Å². The fraction of sp³-hybridized carbons (Fsp3) is 0.520. The molecule has 182 valence electrons. The minimum atomic E-state index is -0.0708. The Morgan fingerprint density at radius 1 is 1.18 bits per heavy atom. The van der Waals surface area contributed by atoms with Crippen LogP contribution in [0, 0.1) is 0 Å². The fourth-order valence-electron chi connectivity index (χ4n) is 4.18. The number of carbonyl (C=O) groups excluding carboxylic acids is 2. The van der Waals surface area contributed by atoms with E-state index in [1.54, 1.807) is 18.7 Å². The van der Waals surface area contributed by atoms with Crippen molar-refractivity contribution in [2.75, 3.05) is 44.2 Å². The Balaban J connectivity index is 1.37. The minimum Gasteiger partial charge on any atom is -0.376 e. The van der Waals surface area contributed by atoms with Crippen LogP contribution in [0.1, 0.15) is 48.3 Å². The van der Waals surface area contributed by atoms with E-state index in [0.29, 0.717) is 31.0 Å². The lowest BCUT2D eigenvalue weighted by molar-refractivity contribution is -0.129. The van der Waals surface area contributed by atoms with E-state index < -0.39 is 0 Å². The summed E-state index contributed by atoms with van der Waals surface area (Å²) < 4.78 is 5.59. The molecule has 1 atom stereocenters. The van der Waals surface area contributed by atoms with Gasteiger partial charge >= 0.3 is 0 Å². The van der Waals surface area contributed by atoms with Gasteiger partial charge in [-0.05, 0) is 37.0 Å². The second-order valence-corrected chi connectivity index (χ2v) is 9.62. The second kappa shape index (κ2) is 11.7. The van der Waals surface area contributed by atoms with Crippen LogP contribution in [0.3, 0.4) is 0 Å². The Hall–Kier alpha value is -2.65. The number of nitrogens with zero attached hydrogens (tertiary/aromatic N) is 4. The molecule has 4 rings (SSSR count). The third-order valence-corrected chi connectivity index (χ3v) is 7.15. The van der Waals surface area contributed by atoms with Crippen molar-refractivity contribution < 1.29 is 14.3 Å². The Morgan fingerprint density at radius 2 is 2.00 bits per heavy atom. The molecule has 2 saturated heterocycles. The SMILES string of the molecule is CCc1cc(N2CCN(C(C)=O)CC2)nc(SCc2cccc(C(=O)NC[C@H]3CCCO3)c2)n1. The van der Waals surface area contributed by atoms with Crippen molar-refractivity contribution in [2.24, 2.45) is 0 Å². The van der Waals surface area contributed by atoms with Gasteiger partial charge in [0, 0.05) is 69.3 Å². The van der Waals surface area contributed by atoms with E-state index in [9.17, 15) is 9.59 Å². The zero-order valence-electron chi connectivity index (χ0n) is 20.0. The fourth-order valence-corrected chi connectivity index (χ4v) is 5.00. The number of hydrogen-bond acceptors (Lipinski definition) is 7. The quantitative estimate of drug-likeness (QED) is 0.456. The van der Waals surface area contributed by atoms with Crippen LogP contribution < -0.4 is 10.2 Å². The molecule has 2 aliphatic rings. The van der Waals surface area contributed by atoms with Gasteiger partial charge < -0.3 is 19.9 Å². The molecule has 2 aliphatic heterocycles. The lowest BCUT2D eigenvalue weighted by Crippen LogP contribution is -2.48. The van der Waals surface area contributed by atoms with Gasteiger partial charge in [0.05, 0.1) is 6.10 Å². The first kappa shape index (κ1) is 24.5. The predicted molar refractivity (Wildman–Crippen MR) is 133 cm³/mol. The molecule has 2 amide bonds. The summed E-state index contributed by atoms with van der Waals surface area (Å²) in [5, 5.41) is 3.72. The highest BCUT2D eigenvalue weighted by molar-refractivity contribution is 7.98. The van der Waals surface area contributed by atoms with Crippen LogP contribution in [-0.2, 0) is 21.7 Å². The van der Waals surface area contributed by atoms with Gasteiger partial charge in [0.25, 0.3) is 5.91 Å². The molecule has 0 bridgehead atoms. The van der Waals surface area contributed by atoms with Crippen LogP contribution in [-0.4, -0.2) is 72.1 Å². The Labute approximate surface area is 205 Å². The largest absolute Gasteiger partial charge is 0.376 e. The van der Waals surface area contributed by atoms with Gasteiger partial charge in [0.1, 0.15) is 5.82 Å². The number of rotatable bonds is 8. The molecule has 1 aromatic carbocycles. The summed E-state index contributed by atoms with van der Waals surface area (Å²) in [4.78, 5) is 37.8. The van der Waals surface area contributed by atoms with E-state index >= 15 is 0 Å². The van der Waals surface area contributed by atoms with E-state index in [2.05, 4.69) is 17.1 Å². The van der Waals surface area contributed by atoms with Gasteiger partial charge in [0.15, 0.2) is 5.16 Å². The normalized spacial score (nSPS) is 18.2. The van der Waals surface area contributed by atoms with E-state index in [-0.39, 0.29) is 17.9 Å². The summed E-state index contributed by atoms with van der Waals surface area (Å²) in [5.74, 6) is 1.64. The molecule has 0 radical (unpaired) electrons. The summed E-state index contributed by atoms with van der Waals surface area (Å²) in [7, 11) is 0. The molecule has 8 nitrogen and oxygen atoms in total. The average Bonchev–Trinajstić information content (AvgIpc) is 3.40. The van der Waals surface area contributed by atoms with Crippen molar-refractivity contribution in [3.05, 3.63) is 47.2 Å². The van der Waals surface area contributed by atoms with Gasteiger partial charge in [0.2, 0.25) is 5.91 Å². The lowest BCUT2D eigenvalue weighted by atomic mass is 10.1. The third kappa shape index (κ3) is 6.48. The molecule has 3 heterocycles. The smallest absolute Gasteiger partial charge is 0.251 e. The highest BCUT2D eigenvalue weighted by Crippen LogP contribution is 2.24. The average molecular weight is 484 g/mol. The zero-order valence-corrected chi connectivity index (χ0v) is 20.8. The van der Waals surface area contributed by atoms with Gasteiger partial charge in [-0.2, -0.15) is 0 Å². The molecular weight excluding hydrogens is 450 g/mol. The van der Waals surface area contributed by atoms with Crippen molar-refractivity contribution in [3.8, 4) is 0 Å². The number of hydrogen-bond donors (Lipinski definition) is 1. The van der Waals surface area contributed by atoms with Crippen LogP contribution >= 0.6 is 11.8 Å². The predicted octanol–water partition coefficient (Wildman–Crippen LogP) is 2.91. The topological polar surface area (TPSA) is 87.7 Å². The van der Waals surface area contributed by atoms with Gasteiger partial charge in [-0.15, -0.1) is 0 Å². The molecule has 0 saturated carbocycles. The van der Waals surface area contributed by atoms with Crippen LogP contribution in [0.5, 0.6) is 0 Å². The number of benzene rings is 1. The van der Waals surface area contributed by atoms with Crippen molar-refractivity contribution in [1.82, 2.24) is 20.2 Å². The van der Waals surface area contributed by atoms with Crippen LogP contribution in [0.2, 0.25) is 0 Å². The highest BCUT2D eigenvalue weighted by atomic mass is 32.2. The number of aryl methyl sites for hydroxylation is 1. The Kier molecular flexibility index (Phi) is 8.39. The number of thioether (sulfide) groups is 1. The Bertz CT molecular complexity index is 1000. The summed E-state index contributed by atoms with van der Waals surface area (Å²) >= 11 is 1.58. The molecule has 0 unspecified atom stereocenters. The first-order chi connectivity index (χ1) is 16.5. The number of amides is 2. The molecule has 2 fully saturated rings. The first-order valence-electron chi connectivity index (χ1n) is 12.0. The number of aromatic nitrogens is 2. The van der Waals surface area contributed by atoms with E-state index in [4.69, 9.17) is 14.7 Å². The van der Waals surface area contributed by atoms with Gasteiger partial charge in [-0.1, -0.05) is 30.8 Å². The number of ether oxygens (including phenoxy) is 1. The van der Waals surface area contributed by atoms with E-state index in [1.807, 2.05) is 35.2 Å². The molecule has 2 aromatic rings. The van der Waals surface area contributed by atoms with Gasteiger partial charge in [-0.3, -0.25) is 9.59 Å². The van der Waals surface area contributed by atoms with E-state index in [1.165, 1.54) is 0 Å². The number of piperazine rings is 1. The van der Waals surface area contributed by atoms with Crippen molar-refractivity contribution in [2.45, 2.75) is 50.1 Å². The summed E-state index contributed by atoms with van der Waals surface area (Å²) in [5.41, 5.74) is 2.71.